The molecule has 0 atom stereocenters. The van der Waals surface area contributed by atoms with E-state index in [0.29, 0.717) is 0 Å². The maximum absolute atomic E-state index is 13.2. The number of hydrogen-bond donors (Lipinski definition) is 1. The third-order valence-corrected chi connectivity index (χ3v) is 3.72. The van der Waals surface area contributed by atoms with Gasteiger partial charge in [0, 0.05) is 16.7 Å². The molecule has 4 nitrogen and oxygen atoms in total. The molecule has 3 rings (SSSR count). The molecule has 0 saturated heterocycles. The number of nitrogens with two attached hydrogens (primary N) is 1. The van der Waals surface area contributed by atoms with E-state index in [1.165, 1.54) is 12.1 Å². The summed E-state index contributed by atoms with van der Waals surface area (Å²) in [4.78, 5) is 8.81. The largest absolute Gasteiger partial charge is 0.472 e. The molecule has 0 radical (unpaired) electrons. The quantitative estimate of drug-likeness (QED) is 0.755. The molecule has 5 heteroatoms. The SMILES string of the molecule is CCCCc1c(-c2ccc(F)cc2)nc(N)nc1-c1ccoc1. The maximum atomic E-state index is 13.2. The summed E-state index contributed by atoms with van der Waals surface area (Å²) in [7, 11) is 0. The number of benzene rings is 1. The second-order valence-corrected chi connectivity index (χ2v) is 5.38. The van der Waals surface area contributed by atoms with Crippen LogP contribution in [0.2, 0.25) is 0 Å². The Labute approximate surface area is 134 Å². The Morgan fingerprint density at radius 3 is 2.35 bits per heavy atom. The second-order valence-electron chi connectivity index (χ2n) is 5.38. The monoisotopic (exact) mass is 311 g/mol. The van der Waals surface area contributed by atoms with Gasteiger partial charge >= 0.3 is 0 Å². The standard InChI is InChI=1S/C18H18FN3O/c1-2-3-4-15-16(12-5-7-14(19)8-6-12)21-18(20)22-17(15)13-9-10-23-11-13/h5-11H,2-4H2,1H3,(H2,20,21,22). The van der Waals surface area contributed by atoms with Gasteiger partial charge in [-0.25, -0.2) is 14.4 Å². The highest BCUT2D eigenvalue weighted by molar-refractivity contribution is 5.74. The maximum Gasteiger partial charge on any atom is 0.221 e. The normalized spacial score (nSPS) is 10.9. The number of hydrogen-bond acceptors (Lipinski definition) is 4. The van der Waals surface area contributed by atoms with Crippen molar-refractivity contribution in [1.82, 2.24) is 9.97 Å². The van der Waals surface area contributed by atoms with Gasteiger partial charge in [0.1, 0.15) is 5.82 Å². The average molecular weight is 311 g/mol. The molecule has 0 saturated carbocycles. The highest BCUT2D eigenvalue weighted by Gasteiger charge is 2.17. The van der Waals surface area contributed by atoms with E-state index < -0.39 is 0 Å². The predicted molar refractivity (Wildman–Crippen MR) is 88.2 cm³/mol. The van der Waals surface area contributed by atoms with Crippen LogP contribution in [0.15, 0.2) is 47.3 Å². The van der Waals surface area contributed by atoms with Gasteiger partial charge in [-0.15, -0.1) is 0 Å². The molecule has 0 aliphatic heterocycles. The Morgan fingerprint density at radius 1 is 1.04 bits per heavy atom. The van der Waals surface area contributed by atoms with Crippen molar-refractivity contribution in [2.24, 2.45) is 0 Å². The second kappa shape index (κ2) is 6.60. The lowest BCUT2D eigenvalue weighted by molar-refractivity contribution is 0.568. The number of nitrogen functional groups attached to an aromatic ring is 1. The summed E-state index contributed by atoms with van der Waals surface area (Å²) in [6.07, 6.45) is 6.13. The van der Waals surface area contributed by atoms with Gasteiger partial charge < -0.3 is 10.2 Å². The van der Waals surface area contributed by atoms with Crippen LogP contribution in [0, 0.1) is 5.82 Å². The van der Waals surface area contributed by atoms with Crippen molar-refractivity contribution in [3.8, 4) is 22.5 Å². The topological polar surface area (TPSA) is 64.9 Å². The first kappa shape index (κ1) is 15.2. The van der Waals surface area contributed by atoms with Crippen molar-refractivity contribution in [2.45, 2.75) is 26.2 Å². The van der Waals surface area contributed by atoms with Gasteiger partial charge in [0.2, 0.25) is 5.95 Å². The van der Waals surface area contributed by atoms with Gasteiger partial charge in [0.05, 0.1) is 23.9 Å². The Kier molecular flexibility index (Phi) is 4.37. The van der Waals surface area contributed by atoms with Gasteiger partial charge in [-0.1, -0.05) is 13.3 Å². The Balaban J connectivity index is 2.19. The van der Waals surface area contributed by atoms with E-state index >= 15 is 0 Å². The van der Waals surface area contributed by atoms with E-state index in [0.717, 1.165) is 47.3 Å². The van der Waals surface area contributed by atoms with E-state index in [1.807, 2.05) is 6.07 Å². The van der Waals surface area contributed by atoms with E-state index in [1.54, 1.807) is 24.7 Å². The van der Waals surface area contributed by atoms with Crippen molar-refractivity contribution in [2.75, 3.05) is 5.73 Å². The molecule has 1 aromatic carbocycles. The third kappa shape index (κ3) is 3.23. The minimum Gasteiger partial charge on any atom is -0.472 e. The van der Waals surface area contributed by atoms with E-state index in [4.69, 9.17) is 10.2 Å². The minimum absolute atomic E-state index is 0.195. The van der Waals surface area contributed by atoms with Crippen LogP contribution in [0.5, 0.6) is 0 Å². The molecular weight excluding hydrogens is 293 g/mol. The highest BCUT2D eigenvalue weighted by Crippen LogP contribution is 2.32. The van der Waals surface area contributed by atoms with Crippen LogP contribution >= 0.6 is 0 Å². The Bertz CT molecular complexity index is 783. The summed E-state index contributed by atoms with van der Waals surface area (Å²) < 4.78 is 18.4. The van der Waals surface area contributed by atoms with Crippen LogP contribution in [0.3, 0.4) is 0 Å². The summed E-state index contributed by atoms with van der Waals surface area (Å²) in [5.74, 6) is -0.0817. The molecule has 0 bridgehead atoms. The van der Waals surface area contributed by atoms with Crippen molar-refractivity contribution >= 4 is 5.95 Å². The van der Waals surface area contributed by atoms with Crippen molar-refractivity contribution in [3.05, 3.63) is 54.2 Å². The van der Waals surface area contributed by atoms with Crippen molar-refractivity contribution < 1.29 is 8.81 Å². The Morgan fingerprint density at radius 2 is 1.74 bits per heavy atom. The summed E-state index contributed by atoms with van der Waals surface area (Å²) in [5, 5.41) is 0. The van der Waals surface area contributed by atoms with Crippen LogP contribution in [-0.2, 0) is 6.42 Å². The molecule has 0 aliphatic rings. The molecule has 3 aromatic rings. The van der Waals surface area contributed by atoms with Crippen LogP contribution in [0.1, 0.15) is 25.3 Å². The number of halogens is 1. The minimum atomic E-state index is -0.277. The predicted octanol–water partition coefficient (Wildman–Crippen LogP) is 4.47. The fourth-order valence-electron chi connectivity index (χ4n) is 2.58. The summed E-state index contributed by atoms with van der Waals surface area (Å²) >= 11 is 0. The molecule has 0 aliphatic carbocycles. The average Bonchev–Trinajstić information content (AvgIpc) is 3.08. The molecular formula is C18H18FN3O. The summed E-state index contributed by atoms with van der Waals surface area (Å²) in [5.41, 5.74) is 10.1. The first-order chi connectivity index (χ1) is 11.2. The fourth-order valence-corrected chi connectivity index (χ4v) is 2.58. The lowest BCUT2D eigenvalue weighted by Gasteiger charge is -2.13. The molecule has 23 heavy (non-hydrogen) atoms. The fraction of sp³-hybridized carbons (Fsp3) is 0.222. The molecule has 0 unspecified atom stereocenters. The first-order valence-corrected chi connectivity index (χ1v) is 7.64. The van der Waals surface area contributed by atoms with E-state index in [9.17, 15) is 4.39 Å². The number of unbranched alkanes of at least 4 members (excludes halogenated alkanes) is 1. The van der Waals surface area contributed by atoms with Crippen LogP contribution in [-0.4, -0.2) is 9.97 Å². The van der Waals surface area contributed by atoms with Gasteiger partial charge in [0.25, 0.3) is 0 Å². The third-order valence-electron chi connectivity index (χ3n) is 3.72. The summed E-state index contributed by atoms with van der Waals surface area (Å²) in [6, 6.07) is 8.13. The molecule has 2 N–H and O–H groups in total. The van der Waals surface area contributed by atoms with Crippen LogP contribution < -0.4 is 5.73 Å². The molecule has 2 aromatic heterocycles. The van der Waals surface area contributed by atoms with Crippen molar-refractivity contribution in [3.63, 3.8) is 0 Å². The Hall–Kier alpha value is -2.69. The van der Waals surface area contributed by atoms with Gasteiger partial charge in [-0.05, 0) is 43.2 Å². The number of nitrogens with zero attached hydrogens (tertiary/aromatic N) is 2. The van der Waals surface area contributed by atoms with E-state index in [2.05, 4.69) is 16.9 Å². The number of rotatable bonds is 5. The number of aromatic nitrogens is 2. The van der Waals surface area contributed by atoms with Gasteiger partial charge in [-0.3, -0.25) is 0 Å². The molecule has 0 fully saturated rings. The zero-order valence-electron chi connectivity index (χ0n) is 12.9. The molecule has 0 amide bonds. The van der Waals surface area contributed by atoms with Gasteiger partial charge in [0.15, 0.2) is 0 Å². The lowest BCUT2D eigenvalue weighted by atomic mass is 9.97. The van der Waals surface area contributed by atoms with Crippen molar-refractivity contribution in [1.29, 1.82) is 0 Å². The number of anilines is 1. The smallest absolute Gasteiger partial charge is 0.221 e. The molecule has 118 valence electrons. The lowest BCUT2D eigenvalue weighted by Crippen LogP contribution is -2.05. The first-order valence-electron chi connectivity index (χ1n) is 7.64. The zero-order chi connectivity index (χ0) is 16.2. The zero-order valence-corrected chi connectivity index (χ0v) is 12.9. The van der Waals surface area contributed by atoms with E-state index in [-0.39, 0.29) is 11.8 Å². The molecule has 2 heterocycles. The van der Waals surface area contributed by atoms with Crippen LogP contribution in [0.25, 0.3) is 22.5 Å². The summed E-state index contributed by atoms with van der Waals surface area (Å²) in [6.45, 7) is 2.13. The van der Waals surface area contributed by atoms with Gasteiger partial charge in [-0.2, -0.15) is 0 Å². The number of furan rings is 1. The molecule has 0 spiro atoms. The van der Waals surface area contributed by atoms with Crippen LogP contribution in [0.4, 0.5) is 10.3 Å². The highest BCUT2D eigenvalue weighted by atomic mass is 19.1.